The number of likely N-dealkylation sites (tertiary alicyclic amines) is 1. The summed E-state index contributed by atoms with van der Waals surface area (Å²) >= 11 is 0. The molecule has 0 aromatic heterocycles. The first kappa shape index (κ1) is 7.03. The van der Waals surface area contributed by atoms with Gasteiger partial charge in [0.05, 0.1) is 27.2 Å². The summed E-state index contributed by atoms with van der Waals surface area (Å²) in [5.74, 6) is 0. The average Bonchev–Trinajstić information content (AvgIpc) is 1.78. The van der Waals surface area contributed by atoms with Crippen LogP contribution in [0.3, 0.4) is 0 Å². The number of quaternary nitrogens is 1. The van der Waals surface area contributed by atoms with E-state index < -0.39 is 0 Å². The molecule has 1 rings (SSSR count). The number of nitrogens with two attached hydrogens (primary N) is 1. The fourth-order valence-corrected chi connectivity index (χ4v) is 1.29. The Morgan fingerprint density at radius 2 is 1.67 bits per heavy atom. The molecule has 1 aliphatic rings. The van der Waals surface area contributed by atoms with Gasteiger partial charge < -0.3 is 10.2 Å². The Labute approximate surface area is 57.2 Å². The molecule has 1 saturated heterocycles. The van der Waals surface area contributed by atoms with Crippen LogP contribution in [0.1, 0.15) is 12.8 Å². The summed E-state index contributed by atoms with van der Waals surface area (Å²) in [6, 6.07) is 0.483. The van der Waals surface area contributed by atoms with Gasteiger partial charge in [0, 0.05) is 18.9 Å². The van der Waals surface area contributed by atoms with Crippen LogP contribution >= 0.6 is 0 Å². The smallest absolute Gasteiger partial charge is 0.0797 e. The van der Waals surface area contributed by atoms with E-state index >= 15 is 0 Å². The van der Waals surface area contributed by atoms with Gasteiger partial charge in [0.2, 0.25) is 0 Å². The average molecular weight is 129 g/mol. The first-order valence-corrected chi connectivity index (χ1v) is 3.68. The molecule has 0 unspecified atom stereocenters. The topological polar surface area (TPSA) is 26.0 Å². The van der Waals surface area contributed by atoms with Crippen LogP contribution in [0.4, 0.5) is 0 Å². The van der Waals surface area contributed by atoms with Crippen molar-refractivity contribution < 1.29 is 4.48 Å². The molecule has 0 saturated carbocycles. The van der Waals surface area contributed by atoms with Crippen molar-refractivity contribution in [1.29, 1.82) is 0 Å². The summed E-state index contributed by atoms with van der Waals surface area (Å²) in [4.78, 5) is 0. The minimum atomic E-state index is 0.483. The van der Waals surface area contributed by atoms with Gasteiger partial charge in [-0.2, -0.15) is 0 Å². The van der Waals surface area contributed by atoms with Crippen LogP contribution in [0, 0.1) is 0 Å². The maximum atomic E-state index is 5.75. The molecule has 9 heavy (non-hydrogen) atoms. The van der Waals surface area contributed by atoms with Gasteiger partial charge in [-0.05, 0) is 0 Å². The summed E-state index contributed by atoms with van der Waals surface area (Å²) in [7, 11) is 4.54. The zero-order chi connectivity index (χ0) is 6.91. The van der Waals surface area contributed by atoms with Crippen LogP contribution in [-0.2, 0) is 0 Å². The number of rotatable bonds is 0. The van der Waals surface area contributed by atoms with E-state index in [-0.39, 0.29) is 0 Å². The molecule has 2 nitrogen and oxygen atoms in total. The Morgan fingerprint density at radius 1 is 1.22 bits per heavy atom. The van der Waals surface area contributed by atoms with Crippen molar-refractivity contribution in [1.82, 2.24) is 0 Å². The molecule has 0 amide bonds. The third kappa shape index (κ3) is 1.95. The Morgan fingerprint density at radius 3 is 2.00 bits per heavy atom. The Balaban J connectivity index is 2.35. The van der Waals surface area contributed by atoms with E-state index in [2.05, 4.69) is 14.1 Å². The molecule has 2 heteroatoms. The summed E-state index contributed by atoms with van der Waals surface area (Å²) in [5, 5.41) is 0. The number of nitrogens with zero attached hydrogens (tertiary/aromatic N) is 1. The normalized spacial score (nSPS) is 28.3. The molecular weight excluding hydrogens is 112 g/mol. The molecule has 0 atom stereocenters. The van der Waals surface area contributed by atoms with Gasteiger partial charge >= 0.3 is 0 Å². The van der Waals surface area contributed by atoms with Crippen LogP contribution in [-0.4, -0.2) is 37.7 Å². The van der Waals surface area contributed by atoms with Crippen LogP contribution in [0.15, 0.2) is 0 Å². The third-order valence-corrected chi connectivity index (χ3v) is 2.21. The number of piperidine rings is 1. The lowest BCUT2D eigenvalue weighted by Crippen LogP contribution is -2.49. The van der Waals surface area contributed by atoms with Gasteiger partial charge in [-0.3, -0.25) is 0 Å². The second-order valence-electron chi connectivity index (χ2n) is 3.72. The highest BCUT2D eigenvalue weighted by atomic mass is 15.3. The van der Waals surface area contributed by atoms with Crippen molar-refractivity contribution in [3.63, 3.8) is 0 Å². The van der Waals surface area contributed by atoms with Gasteiger partial charge in [-0.1, -0.05) is 0 Å². The van der Waals surface area contributed by atoms with Crippen molar-refractivity contribution in [2.75, 3.05) is 27.2 Å². The maximum absolute atomic E-state index is 5.75. The van der Waals surface area contributed by atoms with E-state index in [0.29, 0.717) is 6.04 Å². The predicted molar refractivity (Wildman–Crippen MR) is 39.1 cm³/mol. The highest BCUT2D eigenvalue weighted by Gasteiger charge is 2.23. The first-order chi connectivity index (χ1) is 4.10. The fraction of sp³-hybridized carbons (Fsp3) is 1.00. The lowest BCUT2D eigenvalue weighted by atomic mass is 10.1. The predicted octanol–water partition coefficient (Wildman–Crippen LogP) is 0.184. The molecule has 1 aliphatic heterocycles. The van der Waals surface area contributed by atoms with E-state index in [9.17, 15) is 0 Å². The van der Waals surface area contributed by atoms with Gasteiger partial charge in [0.25, 0.3) is 0 Å². The Hall–Kier alpha value is -0.0800. The van der Waals surface area contributed by atoms with Crippen molar-refractivity contribution in [3.05, 3.63) is 0 Å². The number of hydrogen-bond donors (Lipinski definition) is 1. The monoisotopic (exact) mass is 129 g/mol. The second kappa shape index (κ2) is 2.27. The van der Waals surface area contributed by atoms with E-state index in [1.54, 1.807) is 0 Å². The lowest BCUT2D eigenvalue weighted by Gasteiger charge is -2.35. The number of hydrogen-bond acceptors (Lipinski definition) is 1. The van der Waals surface area contributed by atoms with Crippen molar-refractivity contribution >= 4 is 0 Å². The van der Waals surface area contributed by atoms with Crippen molar-refractivity contribution in [2.45, 2.75) is 18.9 Å². The van der Waals surface area contributed by atoms with E-state index in [4.69, 9.17) is 5.73 Å². The summed E-state index contributed by atoms with van der Waals surface area (Å²) in [5.41, 5.74) is 5.75. The summed E-state index contributed by atoms with van der Waals surface area (Å²) < 4.78 is 1.16. The lowest BCUT2D eigenvalue weighted by molar-refractivity contribution is -0.895. The van der Waals surface area contributed by atoms with Crippen LogP contribution < -0.4 is 5.73 Å². The van der Waals surface area contributed by atoms with E-state index in [1.807, 2.05) is 0 Å². The quantitative estimate of drug-likeness (QED) is 0.464. The summed E-state index contributed by atoms with van der Waals surface area (Å²) in [6.07, 6.45) is 2.40. The Kier molecular flexibility index (Phi) is 1.78. The molecule has 0 aromatic rings. The third-order valence-electron chi connectivity index (χ3n) is 2.21. The highest BCUT2D eigenvalue weighted by molar-refractivity contribution is 4.64. The second-order valence-corrected chi connectivity index (χ2v) is 3.72. The molecule has 1 fully saturated rings. The minimum Gasteiger partial charge on any atom is -0.328 e. The zero-order valence-corrected chi connectivity index (χ0v) is 6.43. The Bertz CT molecular complexity index is 89.1. The van der Waals surface area contributed by atoms with Gasteiger partial charge in [-0.25, -0.2) is 0 Å². The van der Waals surface area contributed by atoms with Crippen molar-refractivity contribution in [3.8, 4) is 0 Å². The van der Waals surface area contributed by atoms with Gasteiger partial charge in [-0.15, -0.1) is 0 Å². The highest BCUT2D eigenvalue weighted by Crippen LogP contribution is 2.11. The zero-order valence-electron chi connectivity index (χ0n) is 6.43. The van der Waals surface area contributed by atoms with Gasteiger partial charge in [0.1, 0.15) is 0 Å². The molecule has 2 N–H and O–H groups in total. The largest absolute Gasteiger partial charge is 0.328 e. The molecule has 54 valence electrons. The van der Waals surface area contributed by atoms with Crippen LogP contribution in [0.5, 0.6) is 0 Å². The summed E-state index contributed by atoms with van der Waals surface area (Å²) in [6.45, 7) is 2.50. The molecule has 0 bridgehead atoms. The van der Waals surface area contributed by atoms with E-state index in [0.717, 1.165) is 4.48 Å². The van der Waals surface area contributed by atoms with Crippen molar-refractivity contribution in [2.24, 2.45) is 5.73 Å². The molecular formula is C7H17N2+. The molecule has 0 spiro atoms. The van der Waals surface area contributed by atoms with E-state index in [1.165, 1.54) is 25.9 Å². The molecule has 0 aliphatic carbocycles. The molecule has 1 heterocycles. The maximum Gasteiger partial charge on any atom is 0.0797 e. The first-order valence-electron chi connectivity index (χ1n) is 3.68. The SMILES string of the molecule is C[N+]1(C)CCC(N)CC1. The van der Waals surface area contributed by atoms with Crippen LogP contribution in [0.25, 0.3) is 0 Å². The standard InChI is InChI=1S/C7H17N2/c1-9(2)5-3-7(8)4-6-9/h7H,3-6,8H2,1-2H3/q+1. The van der Waals surface area contributed by atoms with Crippen LogP contribution in [0.2, 0.25) is 0 Å². The fourth-order valence-electron chi connectivity index (χ4n) is 1.29. The molecule has 0 radical (unpaired) electrons. The molecule has 0 aromatic carbocycles. The van der Waals surface area contributed by atoms with Gasteiger partial charge in [0.15, 0.2) is 0 Å². The minimum absolute atomic E-state index is 0.483.